The lowest BCUT2D eigenvalue weighted by Gasteiger charge is -2.17. The summed E-state index contributed by atoms with van der Waals surface area (Å²) in [4.78, 5) is 0. The van der Waals surface area contributed by atoms with Crippen LogP contribution in [-0.2, 0) is 0 Å². The Hall–Kier alpha value is -0.260. The lowest BCUT2D eigenvalue weighted by molar-refractivity contribution is 0.383. The molecule has 0 saturated carbocycles. The van der Waals surface area contributed by atoms with Crippen LogP contribution in [0.1, 0.15) is 47.0 Å². The summed E-state index contributed by atoms with van der Waals surface area (Å²) in [5.74, 6) is 0. The van der Waals surface area contributed by atoms with Gasteiger partial charge in [-0.15, -0.1) is 0 Å². The van der Waals surface area contributed by atoms with Crippen molar-refractivity contribution in [1.29, 1.82) is 0 Å². The van der Waals surface area contributed by atoms with Gasteiger partial charge in [0.1, 0.15) is 0 Å². The van der Waals surface area contributed by atoms with E-state index in [-0.39, 0.29) is 0 Å². The molecule has 0 heterocycles. The summed E-state index contributed by atoms with van der Waals surface area (Å²) in [6.07, 6.45) is 8.83. The molecule has 0 unspecified atom stereocenters. The molecule has 0 aliphatic heterocycles. The van der Waals surface area contributed by atoms with Gasteiger partial charge in [0.2, 0.25) is 0 Å². The van der Waals surface area contributed by atoms with E-state index in [1.807, 2.05) is 0 Å². The van der Waals surface area contributed by atoms with Crippen LogP contribution in [0.2, 0.25) is 0 Å². The van der Waals surface area contributed by atoms with Gasteiger partial charge in [-0.2, -0.15) is 0 Å². The Morgan fingerprint density at radius 1 is 0.818 bits per heavy atom. The van der Waals surface area contributed by atoms with Crippen LogP contribution >= 0.6 is 0 Å². The van der Waals surface area contributed by atoms with E-state index >= 15 is 0 Å². The zero-order valence-corrected chi connectivity index (χ0v) is 8.28. The topological polar surface area (TPSA) is 0 Å². The molecule has 0 radical (unpaired) electrons. The van der Waals surface area contributed by atoms with Crippen molar-refractivity contribution in [2.75, 3.05) is 0 Å². The van der Waals surface area contributed by atoms with Crippen molar-refractivity contribution in [2.24, 2.45) is 10.8 Å². The zero-order chi connectivity index (χ0) is 8.54. The fraction of sp³-hybridized carbons (Fsp3) is 0.818. The largest absolute Gasteiger partial charge is 0.0823 e. The second-order valence-corrected chi connectivity index (χ2v) is 5.16. The van der Waals surface area contributed by atoms with Crippen molar-refractivity contribution in [2.45, 2.75) is 47.0 Å². The Balaban J connectivity index is 2.72. The minimum Gasteiger partial charge on any atom is -0.0823 e. The van der Waals surface area contributed by atoms with E-state index in [9.17, 15) is 0 Å². The molecule has 0 amide bonds. The van der Waals surface area contributed by atoms with Crippen LogP contribution in [0.25, 0.3) is 0 Å². The predicted molar refractivity (Wildman–Crippen MR) is 50.6 cm³/mol. The maximum absolute atomic E-state index is 2.39. The van der Waals surface area contributed by atoms with Crippen molar-refractivity contribution < 1.29 is 0 Å². The molecule has 0 atom stereocenters. The van der Waals surface area contributed by atoms with E-state index in [1.165, 1.54) is 19.3 Å². The second kappa shape index (κ2) is 2.66. The van der Waals surface area contributed by atoms with Gasteiger partial charge in [-0.1, -0.05) is 46.3 Å². The average Bonchev–Trinajstić information content (AvgIpc) is 1.92. The first-order chi connectivity index (χ1) is 4.91. The van der Waals surface area contributed by atoms with Gasteiger partial charge in [-0.05, 0) is 23.7 Å². The summed E-state index contributed by atoms with van der Waals surface area (Å²) >= 11 is 0. The summed E-state index contributed by atoms with van der Waals surface area (Å²) in [7, 11) is 0. The zero-order valence-electron chi connectivity index (χ0n) is 8.28. The van der Waals surface area contributed by atoms with Crippen molar-refractivity contribution in [3.63, 3.8) is 0 Å². The van der Waals surface area contributed by atoms with Crippen LogP contribution < -0.4 is 0 Å². The lowest BCUT2D eigenvalue weighted by atomic mass is 9.88. The van der Waals surface area contributed by atoms with Crippen LogP contribution in [0.15, 0.2) is 12.2 Å². The first kappa shape index (κ1) is 8.83. The van der Waals surface area contributed by atoms with Crippen LogP contribution in [-0.4, -0.2) is 0 Å². The van der Waals surface area contributed by atoms with E-state index in [1.54, 1.807) is 0 Å². The Morgan fingerprint density at radius 2 is 1.18 bits per heavy atom. The van der Waals surface area contributed by atoms with Crippen molar-refractivity contribution >= 4 is 0 Å². The highest BCUT2D eigenvalue weighted by molar-refractivity contribution is 5.04. The van der Waals surface area contributed by atoms with Gasteiger partial charge in [0.15, 0.2) is 0 Å². The van der Waals surface area contributed by atoms with Gasteiger partial charge >= 0.3 is 0 Å². The van der Waals surface area contributed by atoms with Crippen LogP contribution in [0, 0.1) is 10.8 Å². The molecule has 0 aromatic rings. The number of rotatable bonds is 0. The first-order valence-corrected chi connectivity index (χ1v) is 4.62. The van der Waals surface area contributed by atoms with Crippen molar-refractivity contribution in [1.82, 2.24) is 0 Å². The van der Waals surface area contributed by atoms with Crippen LogP contribution in [0.5, 0.6) is 0 Å². The maximum atomic E-state index is 2.39. The summed E-state index contributed by atoms with van der Waals surface area (Å²) in [5.41, 5.74) is 0.877. The molecule has 0 spiro atoms. The van der Waals surface area contributed by atoms with Crippen molar-refractivity contribution in [3.05, 3.63) is 12.2 Å². The summed E-state index contributed by atoms with van der Waals surface area (Å²) in [6.45, 7) is 9.30. The van der Waals surface area contributed by atoms with E-state index in [4.69, 9.17) is 0 Å². The quantitative estimate of drug-likeness (QED) is 0.463. The second-order valence-electron chi connectivity index (χ2n) is 5.16. The van der Waals surface area contributed by atoms with Crippen LogP contribution in [0.3, 0.4) is 0 Å². The van der Waals surface area contributed by atoms with E-state index in [0.29, 0.717) is 10.8 Å². The molecule has 0 heteroatoms. The minimum atomic E-state index is 0.438. The molecule has 11 heavy (non-hydrogen) atoms. The standard InChI is InChI=1S/C11H20/c1-10(2)6-5-7-11(3,4)9-8-10/h8-9H,5-7H2,1-4H3. The van der Waals surface area contributed by atoms with E-state index < -0.39 is 0 Å². The molecule has 64 valence electrons. The summed E-state index contributed by atoms with van der Waals surface area (Å²) in [5, 5.41) is 0. The minimum absolute atomic E-state index is 0.438. The maximum Gasteiger partial charge on any atom is -0.0175 e. The van der Waals surface area contributed by atoms with E-state index in [2.05, 4.69) is 39.8 Å². The average molecular weight is 152 g/mol. The lowest BCUT2D eigenvalue weighted by Crippen LogP contribution is -2.04. The summed E-state index contributed by atoms with van der Waals surface area (Å²) < 4.78 is 0. The molecular formula is C11H20. The molecule has 0 aromatic carbocycles. The van der Waals surface area contributed by atoms with Gasteiger partial charge in [0, 0.05) is 0 Å². The molecule has 0 aromatic heterocycles. The highest BCUT2D eigenvalue weighted by Crippen LogP contribution is 2.36. The van der Waals surface area contributed by atoms with Gasteiger partial charge in [0.25, 0.3) is 0 Å². The molecule has 0 saturated heterocycles. The molecule has 0 N–H and O–H groups in total. The Bertz CT molecular complexity index is 143. The third kappa shape index (κ3) is 2.69. The first-order valence-electron chi connectivity index (χ1n) is 4.62. The molecule has 1 aliphatic rings. The SMILES string of the molecule is CC1(C)C=CC(C)(C)CCC1. The highest BCUT2D eigenvalue weighted by atomic mass is 14.3. The Kier molecular flexibility index (Phi) is 2.13. The van der Waals surface area contributed by atoms with Gasteiger partial charge in [-0.3, -0.25) is 0 Å². The highest BCUT2D eigenvalue weighted by Gasteiger charge is 2.22. The Morgan fingerprint density at radius 3 is 1.55 bits per heavy atom. The van der Waals surface area contributed by atoms with Gasteiger partial charge in [-0.25, -0.2) is 0 Å². The fourth-order valence-electron chi connectivity index (χ4n) is 1.62. The molecular weight excluding hydrogens is 132 g/mol. The summed E-state index contributed by atoms with van der Waals surface area (Å²) in [6, 6.07) is 0. The number of hydrogen-bond donors (Lipinski definition) is 0. The predicted octanol–water partition coefficient (Wildman–Crippen LogP) is 3.78. The monoisotopic (exact) mass is 152 g/mol. The number of hydrogen-bond acceptors (Lipinski definition) is 0. The molecule has 0 fully saturated rings. The number of allylic oxidation sites excluding steroid dienone is 2. The fourth-order valence-corrected chi connectivity index (χ4v) is 1.62. The smallest absolute Gasteiger partial charge is 0.0175 e. The van der Waals surface area contributed by atoms with Crippen LogP contribution in [0.4, 0.5) is 0 Å². The third-order valence-electron chi connectivity index (χ3n) is 2.63. The van der Waals surface area contributed by atoms with Gasteiger partial charge in [0.05, 0.1) is 0 Å². The molecule has 1 aliphatic carbocycles. The third-order valence-corrected chi connectivity index (χ3v) is 2.63. The van der Waals surface area contributed by atoms with E-state index in [0.717, 1.165) is 0 Å². The normalized spacial score (nSPS) is 28.0. The Labute approximate surface area is 70.7 Å². The molecule has 0 nitrogen and oxygen atoms in total. The van der Waals surface area contributed by atoms with Gasteiger partial charge < -0.3 is 0 Å². The molecule has 1 rings (SSSR count). The molecule has 0 bridgehead atoms. The van der Waals surface area contributed by atoms with Crippen molar-refractivity contribution in [3.8, 4) is 0 Å².